The highest BCUT2D eigenvalue weighted by atomic mass is 35.5. The standard InChI is InChI=1S/C22H21ClN2O3S/c1-24(2)29(27,28)21-15-18(13-14-20(21)23)22(26)25(19-11-7-4-8-12-19)16-17-9-5-3-6-10-17/h3-15H,16H2,1-2H3. The SMILES string of the molecule is CN(C)S(=O)(=O)c1cc(C(=O)N(Cc2ccccc2)c2ccccc2)ccc1Cl. The first kappa shape index (κ1) is 21.0. The van der Waals surface area contributed by atoms with Gasteiger partial charge in [0.2, 0.25) is 10.0 Å². The maximum absolute atomic E-state index is 13.4. The fourth-order valence-electron chi connectivity index (χ4n) is 2.84. The summed E-state index contributed by atoms with van der Waals surface area (Å²) >= 11 is 6.13. The van der Waals surface area contributed by atoms with Crippen LogP contribution in [0.2, 0.25) is 5.02 Å². The Morgan fingerprint density at radius 1 is 0.897 bits per heavy atom. The lowest BCUT2D eigenvalue weighted by Gasteiger charge is -2.24. The number of amides is 1. The van der Waals surface area contributed by atoms with Crippen LogP contribution in [0.1, 0.15) is 15.9 Å². The summed E-state index contributed by atoms with van der Waals surface area (Å²) in [5.74, 6) is -0.313. The Bertz CT molecular complexity index is 1100. The highest BCUT2D eigenvalue weighted by molar-refractivity contribution is 7.89. The van der Waals surface area contributed by atoms with Crippen molar-refractivity contribution < 1.29 is 13.2 Å². The normalized spacial score (nSPS) is 11.4. The van der Waals surface area contributed by atoms with Crippen molar-refractivity contribution in [1.82, 2.24) is 4.31 Å². The summed E-state index contributed by atoms with van der Waals surface area (Å²) in [5, 5.41) is 0.0737. The molecular formula is C22H21ClN2O3S. The molecule has 0 radical (unpaired) electrons. The second kappa shape index (κ2) is 8.78. The van der Waals surface area contributed by atoms with Crippen LogP contribution in [0.15, 0.2) is 83.8 Å². The quantitative estimate of drug-likeness (QED) is 0.583. The molecule has 0 aliphatic heterocycles. The topological polar surface area (TPSA) is 57.7 Å². The van der Waals surface area contributed by atoms with E-state index in [4.69, 9.17) is 11.6 Å². The maximum Gasteiger partial charge on any atom is 0.258 e. The van der Waals surface area contributed by atoms with E-state index in [0.29, 0.717) is 12.2 Å². The van der Waals surface area contributed by atoms with Crippen LogP contribution in [0, 0.1) is 0 Å². The van der Waals surface area contributed by atoms with Gasteiger partial charge in [0.25, 0.3) is 5.91 Å². The first-order chi connectivity index (χ1) is 13.8. The molecule has 0 N–H and O–H groups in total. The lowest BCUT2D eigenvalue weighted by atomic mass is 10.1. The van der Waals surface area contributed by atoms with Crippen molar-refractivity contribution in [3.05, 3.63) is 95.0 Å². The van der Waals surface area contributed by atoms with E-state index in [2.05, 4.69) is 0 Å². The highest BCUT2D eigenvalue weighted by Crippen LogP contribution is 2.27. The zero-order chi connectivity index (χ0) is 21.0. The van der Waals surface area contributed by atoms with E-state index in [1.165, 1.54) is 26.2 Å². The number of carbonyl (C=O) groups is 1. The summed E-state index contributed by atoms with van der Waals surface area (Å²) in [4.78, 5) is 14.9. The molecule has 0 aromatic heterocycles. The number of para-hydroxylation sites is 1. The smallest absolute Gasteiger partial charge is 0.258 e. The van der Waals surface area contributed by atoms with E-state index in [0.717, 1.165) is 9.87 Å². The number of halogens is 1. The van der Waals surface area contributed by atoms with Crippen LogP contribution in [0.3, 0.4) is 0 Å². The summed E-state index contributed by atoms with van der Waals surface area (Å²) in [6.45, 7) is 0.349. The van der Waals surface area contributed by atoms with E-state index >= 15 is 0 Å². The van der Waals surface area contributed by atoms with Gasteiger partial charge in [0.1, 0.15) is 4.90 Å². The monoisotopic (exact) mass is 428 g/mol. The number of anilines is 1. The van der Waals surface area contributed by atoms with Crippen LogP contribution in [0.25, 0.3) is 0 Å². The Kier molecular flexibility index (Phi) is 6.37. The van der Waals surface area contributed by atoms with Crippen molar-refractivity contribution in [2.75, 3.05) is 19.0 Å². The van der Waals surface area contributed by atoms with Crippen LogP contribution < -0.4 is 4.90 Å². The molecule has 3 rings (SSSR count). The fourth-order valence-corrected chi connectivity index (χ4v) is 4.23. The molecule has 5 nitrogen and oxygen atoms in total. The van der Waals surface area contributed by atoms with E-state index in [1.54, 1.807) is 11.0 Å². The maximum atomic E-state index is 13.4. The van der Waals surface area contributed by atoms with Crippen molar-refractivity contribution in [3.63, 3.8) is 0 Å². The number of rotatable bonds is 6. The summed E-state index contributed by atoms with van der Waals surface area (Å²) in [6.07, 6.45) is 0. The number of carbonyl (C=O) groups excluding carboxylic acids is 1. The number of hydrogen-bond donors (Lipinski definition) is 0. The van der Waals surface area contributed by atoms with Crippen molar-refractivity contribution in [1.29, 1.82) is 0 Å². The van der Waals surface area contributed by atoms with Crippen molar-refractivity contribution in [3.8, 4) is 0 Å². The minimum absolute atomic E-state index is 0.0737. The number of benzene rings is 3. The van der Waals surface area contributed by atoms with Crippen LogP contribution in [-0.2, 0) is 16.6 Å². The van der Waals surface area contributed by atoms with Gasteiger partial charge in [-0.2, -0.15) is 0 Å². The predicted octanol–water partition coefficient (Wildman–Crippen LogP) is 4.44. The molecule has 0 saturated heterocycles. The summed E-state index contributed by atoms with van der Waals surface area (Å²) in [6, 6.07) is 23.2. The van der Waals surface area contributed by atoms with Crippen molar-refractivity contribution in [2.45, 2.75) is 11.4 Å². The molecule has 0 bridgehead atoms. The minimum atomic E-state index is -3.78. The highest BCUT2D eigenvalue weighted by Gasteiger charge is 2.25. The third-order valence-electron chi connectivity index (χ3n) is 4.43. The molecule has 0 spiro atoms. The number of nitrogens with zero attached hydrogens (tertiary/aromatic N) is 2. The molecule has 0 heterocycles. The molecule has 0 fully saturated rings. The predicted molar refractivity (Wildman–Crippen MR) is 116 cm³/mol. The van der Waals surface area contributed by atoms with E-state index < -0.39 is 10.0 Å². The zero-order valence-corrected chi connectivity index (χ0v) is 17.7. The second-order valence-corrected chi connectivity index (χ2v) is 9.17. The van der Waals surface area contributed by atoms with Gasteiger partial charge in [0, 0.05) is 25.3 Å². The Morgan fingerprint density at radius 3 is 2.07 bits per heavy atom. The molecule has 0 aliphatic rings. The van der Waals surface area contributed by atoms with Gasteiger partial charge in [-0.25, -0.2) is 12.7 Å². The largest absolute Gasteiger partial charge is 0.304 e. The molecule has 0 saturated carbocycles. The minimum Gasteiger partial charge on any atom is -0.304 e. The first-order valence-corrected chi connectivity index (χ1v) is 10.8. The van der Waals surface area contributed by atoms with Gasteiger partial charge in [0.05, 0.1) is 11.6 Å². The van der Waals surface area contributed by atoms with Crippen LogP contribution in [0.4, 0.5) is 5.69 Å². The van der Waals surface area contributed by atoms with E-state index in [1.807, 2.05) is 60.7 Å². The van der Waals surface area contributed by atoms with Gasteiger partial charge in [-0.05, 0) is 35.9 Å². The van der Waals surface area contributed by atoms with Crippen LogP contribution >= 0.6 is 11.6 Å². The van der Waals surface area contributed by atoms with E-state index in [9.17, 15) is 13.2 Å². The molecule has 29 heavy (non-hydrogen) atoms. The van der Waals surface area contributed by atoms with E-state index in [-0.39, 0.29) is 21.4 Å². The Labute approximate surface area is 176 Å². The second-order valence-electron chi connectivity index (χ2n) is 6.65. The average molecular weight is 429 g/mol. The van der Waals surface area contributed by atoms with Crippen molar-refractivity contribution >= 4 is 33.2 Å². The zero-order valence-electron chi connectivity index (χ0n) is 16.1. The summed E-state index contributed by atoms with van der Waals surface area (Å²) in [7, 11) is -0.937. The van der Waals surface area contributed by atoms with Gasteiger partial charge in [-0.1, -0.05) is 60.1 Å². The van der Waals surface area contributed by atoms with Crippen LogP contribution in [0.5, 0.6) is 0 Å². The first-order valence-electron chi connectivity index (χ1n) is 8.93. The van der Waals surface area contributed by atoms with Gasteiger partial charge in [-0.3, -0.25) is 4.79 Å². The number of sulfonamides is 1. The number of hydrogen-bond acceptors (Lipinski definition) is 3. The Morgan fingerprint density at radius 2 is 1.48 bits per heavy atom. The fraction of sp³-hybridized carbons (Fsp3) is 0.136. The molecule has 0 atom stereocenters. The summed E-state index contributed by atoms with van der Waals surface area (Å²) < 4.78 is 26.2. The molecule has 0 aliphatic carbocycles. The van der Waals surface area contributed by atoms with Gasteiger partial charge in [0.15, 0.2) is 0 Å². The lowest BCUT2D eigenvalue weighted by Crippen LogP contribution is -2.31. The molecule has 0 unspecified atom stereocenters. The molecule has 7 heteroatoms. The molecule has 1 amide bonds. The molecule has 150 valence electrons. The van der Waals surface area contributed by atoms with Gasteiger partial charge < -0.3 is 4.90 Å². The molecule has 3 aromatic carbocycles. The van der Waals surface area contributed by atoms with Gasteiger partial charge in [-0.15, -0.1) is 0 Å². The third-order valence-corrected chi connectivity index (χ3v) is 6.73. The summed E-state index contributed by atoms with van der Waals surface area (Å²) in [5.41, 5.74) is 1.92. The van der Waals surface area contributed by atoms with Gasteiger partial charge >= 0.3 is 0 Å². The average Bonchev–Trinajstić information content (AvgIpc) is 2.73. The van der Waals surface area contributed by atoms with Crippen molar-refractivity contribution in [2.24, 2.45) is 0 Å². The Balaban J connectivity index is 2.05. The van der Waals surface area contributed by atoms with Crippen LogP contribution in [-0.4, -0.2) is 32.7 Å². The molecular weight excluding hydrogens is 408 g/mol. The Hall–Kier alpha value is -2.67. The lowest BCUT2D eigenvalue weighted by molar-refractivity contribution is 0.0985. The molecule has 3 aromatic rings. The third kappa shape index (κ3) is 4.67.